The van der Waals surface area contributed by atoms with Gasteiger partial charge in [-0.05, 0) is 95.8 Å². The van der Waals surface area contributed by atoms with Crippen molar-refractivity contribution in [3.63, 3.8) is 0 Å². The molecule has 0 aromatic heterocycles. The van der Waals surface area contributed by atoms with Gasteiger partial charge in [0, 0.05) is 6.42 Å². The number of hydrogen-bond donors (Lipinski definition) is 0. The number of carbonyl (C=O) groups excluding carboxylic acids is 2. The van der Waals surface area contributed by atoms with E-state index < -0.39 is 11.7 Å². The summed E-state index contributed by atoms with van der Waals surface area (Å²) in [5.41, 5.74) is -0.957. The molecule has 29 heavy (non-hydrogen) atoms. The molecule has 2 atom stereocenters. The summed E-state index contributed by atoms with van der Waals surface area (Å²) in [7, 11) is 0. The standard InChI is InChI=1S/C24H38O5/c1-4-19(15-23(2,3)22(26)28-20-7-5-6-8-27-20)21(25)29-24-12-16-9-17(13-24)11-18(10-16)14-24/h16-20H,4-15H2,1-3H3. The van der Waals surface area contributed by atoms with Crippen molar-refractivity contribution in [3.05, 3.63) is 0 Å². The van der Waals surface area contributed by atoms with Gasteiger partial charge >= 0.3 is 11.9 Å². The van der Waals surface area contributed by atoms with E-state index in [-0.39, 0.29) is 23.5 Å². The second-order valence-electron chi connectivity index (χ2n) is 10.9. The Morgan fingerprint density at radius 2 is 1.69 bits per heavy atom. The minimum atomic E-state index is -0.734. The van der Waals surface area contributed by atoms with Gasteiger partial charge in [-0.3, -0.25) is 9.59 Å². The van der Waals surface area contributed by atoms with Gasteiger partial charge in [0.2, 0.25) is 6.29 Å². The maximum Gasteiger partial charge on any atom is 0.313 e. The molecular formula is C24H38O5. The van der Waals surface area contributed by atoms with Crippen LogP contribution in [0.15, 0.2) is 0 Å². The van der Waals surface area contributed by atoms with Crippen molar-refractivity contribution < 1.29 is 23.8 Å². The Morgan fingerprint density at radius 1 is 1.07 bits per heavy atom. The van der Waals surface area contributed by atoms with E-state index in [2.05, 4.69) is 0 Å². The molecule has 4 saturated carbocycles. The molecule has 0 spiro atoms. The van der Waals surface area contributed by atoms with Gasteiger partial charge in [0.15, 0.2) is 0 Å². The molecule has 5 nitrogen and oxygen atoms in total. The average Bonchev–Trinajstić information content (AvgIpc) is 2.65. The van der Waals surface area contributed by atoms with Crippen LogP contribution in [0.25, 0.3) is 0 Å². The number of hydrogen-bond acceptors (Lipinski definition) is 5. The van der Waals surface area contributed by atoms with Gasteiger partial charge in [0.25, 0.3) is 0 Å². The molecule has 5 rings (SSSR count). The van der Waals surface area contributed by atoms with Crippen molar-refractivity contribution in [1.82, 2.24) is 0 Å². The van der Waals surface area contributed by atoms with Crippen LogP contribution in [0.2, 0.25) is 0 Å². The number of ether oxygens (including phenoxy) is 3. The van der Waals surface area contributed by atoms with Gasteiger partial charge in [-0.15, -0.1) is 0 Å². The highest BCUT2D eigenvalue weighted by Crippen LogP contribution is 2.57. The normalized spacial score (nSPS) is 37.2. The van der Waals surface area contributed by atoms with E-state index in [9.17, 15) is 9.59 Å². The summed E-state index contributed by atoms with van der Waals surface area (Å²) in [5, 5.41) is 0. The Balaban J connectivity index is 1.35. The van der Waals surface area contributed by atoms with Gasteiger partial charge in [0.1, 0.15) is 5.60 Å². The molecule has 5 fully saturated rings. The van der Waals surface area contributed by atoms with E-state index in [0.717, 1.165) is 56.3 Å². The lowest BCUT2D eigenvalue weighted by molar-refractivity contribution is -0.199. The molecule has 4 aliphatic carbocycles. The van der Waals surface area contributed by atoms with Gasteiger partial charge in [-0.1, -0.05) is 6.92 Å². The van der Waals surface area contributed by atoms with Crippen LogP contribution >= 0.6 is 0 Å². The van der Waals surface area contributed by atoms with Gasteiger partial charge in [-0.25, -0.2) is 0 Å². The van der Waals surface area contributed by atoms with Crippen LogP contribution in [0, 0.1) is 29.1 Å². The predicted molar refractivity (Wildman–Crippen MR) is 109 cm³/mol. The third kappa shape index (κ3) is 4.65. The maximum absolute atomic E-state index is 13.2. The highest BCUT2D eigenvalue weighted by atomic mass is 16.7. The smallest absolute Gasteiger partial charge is 0.313 e. The third-order valence-corrected chi connectivity index (χ3v) is 7.81. The predicted octanol–water partition coefficient (Wildman–Crippen LogP) is 5.01. The first-order chi connectivity index (χ1) is 13.8. The molecule has 0 radical (unpaired) electrons. The summed E-state index contributed by atoms with van der Waals surface area (Å²) in [6.45, 7) is 6.41. The largest absolute Gasteiger partial charge is 0.459 e. The summed E-state index contributed by atoms with van der Waals surface area (Å²) in [5.74, 6) is 1.59. The molecule has 1 heterocycles. The highest BCUT2D eigenvalue weighted by Gasteiger charge is 2.53. The second kappa shape index (κ2) is 8.20. The van der Waals surface area contributed by atoms with Crippen LogP contribution in [0.4, 0.5) is 0 Å². The Kier molecular flexibility index (Phi) is 5.98. The van der Waals surface area contributed by atoms with Crippen molar-refractivity contribution >= 4 is 11.9 Å². The van der Waals surface area contributed by atoms with Crippen molar-refractivity contribution in [2.45, 2.75) is 103 Å². The number of esters is 2. The fourth-order valence-electron chi connectivity index (χ4n) is 6.63. The second-order valence-corrected chi connectivity index (χ2v) is 10.9. The van der Waals surface area contributed by atoms with Gasteiger partial charge in [-0.2, -0.15) is 0 Å². The average molecular weight is 407 g/mol. The van der Waals surface area contributed by atoms with E-state index in [1.165, 1.54) is 19.3 Å². The van der Waals surface area contributed by atoms with E-state index in [1.807, 2.05) is 20.8 Å². The molecule has 5 aliphatic rings. The SMILES string of the molecule is CCC(CC(C)(C)C(=O)OC1CCCCO1)C(=O)OC12CC3CC(CC(C3)C1)C2. The van der Waals surface area contributed by atoms with E-state index in [1.54, 1.807) is 0 Å². The Bertz CT molecular complexity index is 583. The molecule has 0 N–H and O–H groups in total. The molecule has 1 saturated heterocycles. The van der Waals surface area contributed by atoms with Crippen molar-refractivity contribution in [2.75, 3.05) is 6.61 Å². The van der Waals surface area contributed by atoms with E-state index in [0.29, 0.717) is 19.4 Å². The quantitative estimate of drug-likeness (QED) is 0.556. The maximum atomic E-state index is 13.2. The summed E-state index contributed by atoms with van der Waals surface area (Å²) in [6.07, 6.45) is 10.6. The summed E-state index contributed by atoms with van der Waals surface area (Å²) < 4.78 is 17.4. The number of carbonyl (C=O) groups is 2. The van der Waals surface area contributed by atoms with Crippen molar-refractivity contribution in [3.8, 4) is 0 Å². The van der Waals surface area contributed by atoms with Crippen LogP contribution < -0.4 is 0 Å². The van der Waals surface area contributed by atoms with Gasteiger partial charge < -0.3 is 14.2 Å². The van der Waals surface area contributed by atoms with Crippen LogP contribution in [-0.4, -0.2) is 30.4 Å². The fourth-order valence-corrected chi connectivity index (χ4v) is 6.63. The first kappa shape index (κ1) is 21.1. The van der Waals surface area contributed by atoms with Crippen molar-refractivity contribution in [1.29, 1.82) is 0 Å². The zero-order valence-corrected chi connectivity index (χ0v) is 18.4. The summed E-state index contributed by atoms with van der Waals surface area (Å²) in [6, 6.07) is 0. The lowest BCUT2D eigenvalue weighted by atomic mass is 9.54. The minimum Gasteiger partial charge on any atom is -0.459 e. The zero-order chi connectivity index (χ0) is 20.6. The molecule has 164 valence electrons. The molecule has 0 aromatic carbocycles. The minimum absolute atomic E-state index is 0.107. The topological polar surface area (TPSA) is 61.8 Å². The first-order valence-corrected chi connectivity index (χ1v) is 11.8. The van der Waals surface area contributed by atoms with E-state index in [4.69, 9.17) is 14.2 Å². The molecule has 0 aromatic rings. The summed E-state index contributed by atoms with van der Waals surface area (Å²) >= 11 is 0. The molecule has 2 unspecified atom stereocenters. The zero-order valence-electron chi connectivity index (χ0n) is 18.4. The fraction of sp³-hybridized carbons (Fsp3) is 0.917. The molecule has 0 amide bonds. The Labute approximate surface area is 175 Å². The van der Waals surface area contributed by atoms with Crippen LogP contribution in [-0.2, 0) is 23.8 Å². The van der Waals surface area contributed by atoms with E-state index >= 15 is 0 Å². The third-order valence-electron chi connectivity index (χ3n) is 7.81. The molecule has 5 heteroatoms. The highest BCUT2D eigenvalue weighted by molar-refractivity contribution is 5.78. The monoisotopic (exact) mass is 406 g/mol. The lowest BCUT2D eigenvalue weighted by Crippen LogP contribution is -2.53. The lowest BCUT2D eigenvalue weighted by Gasteiger charge is -2.56. The molecule has 1 aliphatic heterocycles. The number of rotatable bonds is 7. The van der Waals surface area contributed by atoms with Gasteiger partial charge in [0.05, 0.1) is 17.9 Å². The Morgan fingerprint density at radius 3 is 2.21 bits per heavy atom. The molecular weight excluding hydrogens is 368 g/mol. The van der Waals surface area contributed by atoms with Crippen LogP contribution in [0.1, 0.15) is 91.4 Å². The van der Waals surface area contributed by atoms with Crippen LogP contribution in [0.3, 0.4) is 0 Å². The summed E-state index contributed by atoms with van der Waals surface area (Å²) in [4.78, 5) is 25.9. The van der Waals surface area contributed by atoms with Crippen LogP contribution in [0.5, 0.6) is 0 Å². The molecule has 4 bridgehead atoms. The Hall–Kier alpha value is -1.10. The first-order valence-electron chi connectivity index (χ1n) is 11.8. The van der Waals surface area contributed by atoms with Crippen molar-refractivity contribution in [2.24, 2.45) is 29.1 Å².